The van der Waals surface area contributed by atoms with E-state index in [4.69, 9.17) is 4.42 Å². The van der Waals surface area contributed by atoms with Crippen molar-refractivity contribution in [3.05, 3.63) is 29.7 Å². The Morgan fingerprint density at radius 2 is 1.96 bits per heavy atom. The number of alkyl halides is 1. The fraction of sp³-hybridized carbons (Fsp3) is 0.556. The summed E-state index contributed by atoms with van der Waals surface area (Å²) in [5.41, 5.74) is -0.711. The topological polar surface area (TPSA) is 52.3 Å². The maximum absolute atomic E-state index is 14.6. The second-order valence-electron chi connectivity index (χ2n) is 6.48. The Hall–Kier alpha value is -1.91. The lowest BCUT2D eigenvalue weighted by molar-refractivity contribution is -0.154. The molecule has 1 aromatic heterocycles. The van der Waals surface area contributed by atoms with Gasteiger partial charge in [0.1, 0.15) is 5.52 Å². The van der Waals surface area contributed by atoms with Gasteiger partial charge in [0.25, 0.3) is 0 Å². The summed E-state index contributed by atoms with van der Waals surface area (Å²) in [6.07, 6.45) is 2.78. The predicted molar refractivity (Wildman–Crippen MR) is 86.9 cm³/mol. The van der Waals surface area contributed by atoms with Crippen molar-refractivity contribution in [1.29, 1.82) is 0 Å². The van der Waals surface area contributed by atoms with Crippen molar-refractivity contribution < 1.29 is 18.3 Å². The van der Waals surface area contributed by atoms with Crippen LogP contribution in [0.25, 0.3) is 11.1 Å². The van der Waals surface area contributed by atoms with Crippen molar-refractivity contribution >= 4 is 17.1 Å². The Balaban J connectivity index is 2.37. The highest BCUT2D eigenvalue weighted by atomic mass is 19.1. The van der Waals surface area contributed by atoms with Gasteiger partial charge in [-0.2, -0.15) is 0 Å². The van der Waals surface area contributed by atoms with Gasteiger partial charge in [0.15, 0.2) is 11.5 Å². The number of nitrogens with zero attached hydrogens (tertiary/aromatic N) is 1. The largest absolute Gasteiger partial charge is 0.466 e. The first kappa shape index (κ1) is 17.4. The van der Waals surface area contributed by atoms with Gasteiger partial charge in [-0.25, -0.2) is 14.2 Å². The van der Waals surface area contributed by atoms with E-state index in [2.05, 4.69) is 30.5 Å². The third-order valence-electron chi connectivity index (χ3n) is 4.83. The van der Waals surface area contributed by atoms with Crippen molar-refractivity contribution in [2.24, 2.45) is 5.41 Å². The van der Waals surface area contributed by atoms with Gasteiger partial charge in [-0.1, -0.05) is 39.7 Å². The lowest BCUT2D eigenvalue weighted by Crippen LogP contribution is -2.28. The number of fused-ring (bicyclic) bond motifs is 1. The molecule has 4 nitrogen and oxygen atoms in total. The molecular formula is C18H24FNO3. The van der Waals surface area contributed by atoms with Crippen LogP contribution in [-0.2, 0) is 21.6 Å². The molecule has 0 radical (unpaired) electrons. The maximum atomic E-state index is 14.6. The molecule has 0 aliphatic rings. The minimum Gasteiger partial charge on any atom is -0.466 e. The van der Waals surface area contributed by atoms with Gasteiger partial charge in [-0.05, 0) is 24.5 Å². The number of halogens is 1. The molecule has 2 rings (SSSR count). The van der Waals surface area contributed by atoms with E-state index >= 15 is 0 Å². The van der Waals surface area contributed by atoms with E-state index in [1.165, 1.54) is 20.1 Å². The van der Waals surface area contributed by atoms with Crippen LogP contribution in [0.1, 0.15) is 52.0 Å². The zero-order valence-electron chi connectivity index (χ0n) is 14.4. The van der Waals surface area contributed by atoms with Gasteiger partial charge in [0.05, 0.1) is 7.11 Å². The molecule has 1 atom stereocenters. The van der Waals surface area contributed by atoms with E-state index in [-0.39, 0.29) is 11.0 Å². The van der Waals surface area contributed by atoms with Gasteiger partial charge < -0.3 is 9.15 Å². The van der Waals surface area contributed by atoms with Crippen molar-refractivity contribution in [3.63, 3.8) is 0 Å². The fourth-order valence-electron chi connectivity index (χ4n) is 2.52. The molecule has 0 fully saturated rings. The molecule has 1 unspecified atom stereocenters. The monoisotopic (exact) mass is 321 g/mol. The van der Waals surface area contributed by atoms with Gasteiger partial charge in [-0.3, -0.25) is 0 Å². The van der Waals surface area contributed by atoms with Crippen molar-refractivity contribution in [2.75, 3.05) is 7.11 Å². The fourth-order valence-corrected chi connectivity index (χ4v) is 2.52. The van der Waals surface area contributed by atoms with Crippen LogP contribution in [0, 0.1) is 5.41 Å². The van der Waals surface area contributed by atoms with Crippen LogP contribution in [0.3, 0.4) is 0 Å². The van der Waals surface area contributed by atoms with Crippen LogP contribution in [-0.4, -0.2) is 18.1 Å². The number of oxazole rings is 1. The number of methoxy groups -OCH3 is 1. The first-order valence-corrected chi connectivity index (χ1v) is 7.93. The number of esters is 1. The number of ether oxygens (including phenoxy) is 1. The van der Waals surface area contributed by atoms with Crippen molar-refractivity contribution in [2.45, 2.75) is 52.6 Å². The molecular weight excluding hydrogens is 297 g/mol. The highest BCUT2D eigenvalue weighted by Crippen LogP contribution is 2.33. The first-order valence-electron chi connectivity index (χ1n) is 7.93. The number of carbonyl (C=O) groups excluding carboxylic acids is 1. The normalized spacial score (nSPS) is 14.7. The number of rotatable bonds is 6. The molecule has 0 aliphatic carbocycles. The summed E-state index contributed by atoms with van der Waals surface area (Å²) in [6, 6.07) is 4.73. The second-order valence-corrected chi connectivity index (χ2v) is 6.48. The van der Waals surface area contributed by atoms with Crippen LogP contribution < -0.4 is 0 Å². The smallest absolute Gasteiger partial charge is 0.348 e. The molecule has 0 aliphatic heterocycles. The van der Waals surface area contributed by atoms with E-state index in [1.807, 2.05) is 0 Å². The zero-order valence-corrected chi connectivity index (χ0v) is 14.4. The van der Waals surface area contributed by atoms with Gasteiger partial charge >= 0.3 is 5.97 Å². The Labute approximate surface area is 136 Å². The van der Waals surface area contributed by atoms with Crippen molar-refractivity contribution in [3.8, 4) is 0 Å². The molecule has 126 valence electrons. The van der Waals surface area contributed by atoms with Crippen LogP contribution in [0.5, 0.6) is 0 Å². The molecule has 0 saturated carbocycles. The van der Waals surface area contributed by atoms with Crippen LogP contribution in [0.15, 0.2) is 22.6 Å². The molecule has 2 aromatic rings. The van der Waals surface area contributed by atoms with Crippen molar-refractivity contribution in [1.82, 2.24) is 4.98 Å². The molecule has 23 heavy (non-hydrogen) atoms. The van der Waals surface area contributed by atoms with E-state index < -0.39 is 11.6 Å². The average Bonchev–Trinajstić information content (AvgIpc) is 2.94. The molecule has 5 heteroatoms. The third kappa shape index (κ3) is 3.38. The summed E-state index contributed by atoms with van der Waals surface area (Å²) < 4.78 is 24.9. The standard InChI is InChI=1S/C18H24FNO3/c1-6-17(3,7-2)11-15-20-13-10-12(8-9-14(13)23-15)18(4,19)16(21)22-5/h8-10H,6-7,11H2,1-5H3. The Morgan fingerprint density at radius 1 is 1.30 bits per heavy atom. The Morgan fingerprint density at radius 3 is 2.52 bits per heavy atom. The zero-order chi connectivity index (χ0) is 17.3. The lowest BCUT2D eigenvalue weighted by Gasteiger charge is -2.24. The lowest BCUT2D eigenvalue weighted by atomic mass is 9.81. The van der Waals surface area contributed by atoms with E-state index in [0.29, 0.717) is 17.0 Å². The second kappa shape index (κ2) is 6.30. The molecule has 0 amide bonds. The average molecular weight is 321 g/mol. The molecule has 0 saturated heterocycles. The van der Waals surface area contributed by atoms with E-state index in [1.54, 1.807) is 12.1 Å². The minimum absolute atomic E-state index is 0.129. The highest BCUT2D eigenvalue weighted by molar-refractivity contribution is 5.83. The molecule has 0 bridgehead atoms. The van der Waals surface area contributed by atoms with Gasteiger partial charge in [0, 0.05) is 12.0 Å². The Bertz CT molecular complexity index is 701. The van der Waals surface area contributed by atoms with E-state index in [0.717, 1.165) is 19.3 Å². The SMILES string of the molecule is CCC(C)(CC)Cc1nc2cc(C(C)(F)C(=O)OC)ccc2o1. The molecule has 0 N–H and O–H groups in total. The summed E-state index contributed by atoms with van der Waals surface area (Å²) in [6.45, 7) is 7.68. The predicted octanol–water partition coefficient (Wildman–Crippen LogP) is 4.55. The van der Waals surface area contributed by atoms with Crippen LogP contribution in [0.2, 0.25) is 0 Å². The summed E-state index contributed by atoms with van der Waals surface area (Å²) in [5.74, 6) is -0.285. The Kier molecular flexibility index (Phi) is 4.78. The number of aromatic nitrogens is 1. The summed E-state index contributed by atoms with van der Waals surface area (Å²) in [5, 5.41) is 0. The highest BCUT2D eigenvalue weighted by Gasteiger charge is 2.37. The number of carbonyl (C=O) groups is 1. The van der Waals surface area contributed by atoms with E-state index in [9.17, 15) is 9.18 Å². The minimum atomic E-state index is -2.20. The molecule has 0 spiro atoms. The van der Waals surface area contributed by atoms with Gasteiger partial charge in [0.2, 0.25) is 5.67 Å². The van der Waals surface area contributed by atoms with Gasteiger partial charge in [-0.15, -0.1) is 0 Å². The van der Waals surface area contributed by atoms with Crippen LogP contribution >= 0.6 is 0 Å². The summed E-state index contributed by atoms with van der Waals surface area (Å²) in [4.78, 5) is 16.1. The summed E-state index contributed by atoms with van der Waals surface area (Å²) >= 11 is 0. The summed E-state index contributed by atoms with van der Waals surface area (Å²) in [7, 11) is 1.17. The number of hydrogen-bond acceptors (Lipinski definition) is 4. The maximum Gasteiger partial charge on any atom is 0.348 e. The van der Waals surface area contributed by atoms with Crippen LogP contribution in [0.4, 0.5) is 4.39 Å². The number of hydrogen-bond donors (Lipinski definition) is 0. The number of benzene rings is 1. The third-order valence-corrected chi connectivity index (χ3v) is 4.83. The molecule has 1 aromatic carbocycles. The quantitative estimate of drug-likeness (QED) is 0.732. The first-order chi connectivity index (χ1) is 10.8. The molecule has 1 heterocycles.